The third-order valence-electron chi connectivity index (χ3n) is 4.54. The van der Waals surface area contributed by atoms with Gasteiger partial charge >= 0.3 is 0 Å². The molecular weight excluding hydrogens is 360 g/mol. The van der Waals surface area contributed by atoms with E-state index in [1.165, 1.54) is 7.11 Å². The Hall–Kier alpha value is -3.68. The second-order valence-electron chi connectivity index (χ2n) is 6.42. The SMILES string of the molecule is COc1ccc(-c2nnc(C)o2)cc1NC(=O)C1Cc2ccccc2C(=O)N1. The first-order valence-corrected chi connectivity index (χ1v) is 8.73. The number of hydrogen-bond acceptors (Lipinski definition) is 6. The zero-order valence-corrected chi connectivity index (χ0v) is 15.4. The lowest BCUT2D eigenvalue weighted by Crippen LogP contribution is -2.48. The Morgan fingerprint density at radius 1 is 1.25 bits per heavy atom. The molecule has 0 spiro atoms. The minimum Gasteiger partial charge on any atom is -0.495 e. The normalized spacial score (nSPS) is 15.5. The van der Waals surface area contributed by atoms with Gasteiger partial charge in [-0.1, -0.05) is 18.2 Å². The van der Waals surface area contributed by atoms with Crippen LogP contribution in [-0.2, 0) is 11.2 Å². The zero-order chi connectivity index (χ0) is 19.7. The average Bonchev–Trinajstić information content (AvgIpc) is 3.14. The highest BCUT2D eigenvalue weighted by Crippen LogP contribution is 2.30. The summed E-state index contributed by atoms with van der Waals surface area (Å²) in [6, 6.07) is 11.7. The maximum atomic E-state index is 12.8. The third-order valence-corrected chi connectivity index (χ3v) is 4.54. The van der Waals surface area contributed by atoms with Crippen molar-refractivity contribution in [1.82, 2.24) is 15.5 Å². The van der Waals surface area contributed by atoms with E-state index in [-0.39, 0.29) is 11.8 Å². The predicted octanol–water partition coefficient (Wildman–Crippen LogP) is 2.35. The highest BCUT2D eigenvalue weighted by molar-refractivity contribution is 6.04. The molecule has 0 radical (unpaired) electrons. The number of nitrogens with zero attached hydrogens (tertiary/aromatic N) is 2. The van der Waals surface area contributed by atoms with Gasteiger partial charge in [-0.15, -0.1) is 10.2 Å². The molecule has 2 aromatic carbocycles. The van der Waals surface area contributed by atoms with Crippen molar-refractivity contribution >= 4 is 17.5 Å². The van der Waals surface area contributed by atoms with E-state index in [0.717, 1.165) is 5.56 Å². The van der Waals surface area contributed by atoms with E-state index in [1.54, 1.807) is 37.3 Å². The topological polar surface area (TPSA) is 106 Å². The number of amides is 2. The minimum atomic E-state index is -0.679. The van der Waals surface area contributed by atoms with Crippen molar-refractivity contribution in [1.29, 1.82) is 0 Å². The molecule has 3 aromatic rings. The van der Waals surface area contributed by atoms with Crippen LogP contribution in [0.15, 0.2) is 46.9 Å². The molecule has 0 bridgehead atoms. The number of benzene rings is 2. The molecule has 8 nitrogen and oxygen atoms in total. The van der Waals surface area contributed by atoms with Gasteiger partial charge in [0.2, 0.25) is 17.7 Å². The second kappa shape index (κ2) is 7.15. The number of methoxy groups -OCH3 is 1. The van der Waals surface area contributed by atoms with Gasteiger partial charge in [-0.3, -0.25) is 9.59 Å². The van der Waals surface area contributed by atoms with Crippen LogP contribution in [0.3, 0.4) is 0 Å². The van der Waals surface area contributed by atoms with E-state index in [1.807, 2.05) is 12.1 Å². The molecule has 142 valence electrons. The van der Waals surface area contributed by atoms with Crippen molar-refractivity contribution in [3.05, 3.63) is 59.5 Å². The standard InChI is InChI=1S/C20H18N4O4/c1-11-23-24-20(28-11)13-7-8-17(27-2)15(10-13)21-19(26)16-9-12-5-3-4-6-14(12)18(25)22-16/h3-8,10,16H,9H2,1-2H3,(H,21,26)(H,22,25). The van der Waals surface area contributed by atoms with Crippen LogP contribution in [0.2, 0.25) is 0 Å². The number of aromatic nitrogens is 2. The second-order valence-corrected chi connectivity index (χ2v) is 6.42. The zero-order valence-electron chi connectivity index (χ0n) is 15.4. The summed E-state index contributed by atoms with van der Waals surface area (Å²) < 4.78 is 10.8. The largest absolute Gasteiger partial charge is 0.495 e. The first kappa shape index (κ1) is 17.7. The maximum absolute atomic E-state index is 12.8. The number of fused-ring (bicyclic) bond motifs is 1. The van der Waals surface area contributed by atoms with Crippen LogP contribution >= 0.6 is 0 Å². The van der Waals surface area contributed by atoms with Gasteiger partial charge in [-0.05, 0) is 29.8 Å². The quantitative estimate of drug-likeness (QED) is 0.722. The summed E-state index contributed by atoms with van der Waals surface area (Å²) in [4.78, 5) is 25.1. The van der Waals surface area contributed by atoms with Crippen LogP contribution in [0.25, 0.3) is 11.5 Å². The fraction of sp³-hybridized carbons (Fsp3) is 0.200. The number of nitrogens with one attached hydrogen (secondary N) is 2. The number of hydrogen-bond donors (Lipinski definition) is 2. The van der Waals surface area contributed by atoms with Crippen LogP contribution in [0.1, 0.15) is 21.8 Å². The van der Waals surface area contributed by atoms with Gasteiger partial charge in [0.05, 0.1) is 12.8 Å². The molecule has 1 unspecified atom stereocenters. The Morgan fingerprint density at radius 3 is 2.82 bits per heavy atom. The average molecular weight is 378 g/mol. The summed E-state index contributed by atoms with van der Waals surface area (Å²) >= 11 is 0. The molecule has 1 aliphatic rings. The summed E-state index contributed by atoms with van der Waals surface area (Å²) in [6.45, 7) is 1.70. The lowest BCUT2D eigenvalue weighted by molar-refractivity contribution is -0.118. The molecule has 1 aromatic heterocycles. The van der Waals surface area contributed by atoms with Crippen molar-refractivity contribution < 1.29 is 18.7 Å². The molecule has 1 aliphatic heterocycles. The molecule has 28 heavy (non-hydrogen) atoms. The smallest absolute Gasteiger partial charge is 0.252 e. The van der Waals surface area contributed by atoms with E-state index in [4.69, 9.17) is 9.15 Å². The van der Waals surface area contributed by atoms with Crippen molar-refractivity contribution in [2.24, 2.45) is 0 Å². The monoisotopic (exact) mass is 378 g/mol. The summed E-state index contributed by atoms with van der Waals surface area (Å²) in [5.41, 5.74) is 2.54. The highest BCUT2D eigenvalue weighted by Gasteiger charge is 2.29. The van der Waals surface area contributed by atoms with E-state index in [9.17, 15) is 9.59 Å². The molecule has 4 rings (SSSR count). The fourth-order valence-corrected chi connectivity index (χ4v) is 3.16. The number of ether oxygens (including phenoxy) is 1. The summed E-state index contributed by atoms with van der Waals surface area (Å²) in [5.74, 6) is 0.676. The molecular formula is C20H18N4O4. The summed E-state index contributed by atoms with van der Waals surface area (Å²) in [6.07, 6.45) is 0.415. The molecule has 1 atom stereocenters. The molecule has 0 aliphatic carbocycles. The molecule has 0 saturated carbocycles. The Balaban J connectivity index is 1.58. The van der Waals surface area contributed by atoms with E-state index < -0.39 is 6.04 Å². The van der Waals surface area contributed by atoms with Crippen molar-refractivity contribution in [2.45, 2.75) is 19.4 Å². The number of rotatable bonds is 4. The van der Waals surface area contributed by atoms with E-state index >= 15 is 0 Å². The minimum absolute atomic E-state index is 0.260. The number of anilines is 1. The van der Waals surface area contributed by atoms with Crippen molar-refractivity contribution in [3.63, 3.8) is 0 Å². The highest BCUT2D eigenvalue weighted by atomic mass is 16.5. The molecule has 2 heterocycles. The number of carbonyl (C=O) groups excluding carboxylic acids is 2. The Morgan fingerprint density at radius 2 is 2.07 bits per heavy atom. The van der Waals surface area contributed by atoms with Crippen molar-refractivity contribution in [3.8, 4) is 17.2 Å². The van der Waals surface area contributed by atoms with Gasteiger partial charge in [-0.25, -0.2) is 0 Å². The summed E-state index contributed by atoms with van der Waals surface area (Å²) in [7, 11) is 1.51. The predicted molar refractivity (Wildman–Crippen MR) is 101 cm³/mol. The molecule has 0 saturated heterocycles. The van der Waals surface area contributed by atoms with Crippen LogP contribution in [0.4, 0.5) is 5.69 Å². The van der Waals surface area contributed by atoms with Crippen LogP contribution in [0, 0.1) is 6.92 Å². The Labute approximate surface area is 160 Å². The fourth-order valence-electron chi connectivity index (χ4n) is 3.16. The Kier molecular flexibility index (Phi) is 4.52. The van der Waals surface area contributed by atoms with Gasteiger partial charge in [-0.2, -0.15) is 0 Å². The number of aryl methyl sites for hydroxylation is 1. The molecule has 8 heteroatoms. The van der Waals surface area contributed by atoms with E-state index in [2.05, 4.69) is 20.8 Å². The lowest BCUT2D eigenvalue weighted by atomic mass is 9.95. The van der Waals surface area contributed by atoms with Crippen LogP contribution in [0.5, 0.6) is 5.75 Å². The molecule has 2 amide bonds. The van der Waals surface area contributed by atoms with Gasteiger partial charge in [0.1, 0.15) is 11.8 Å². The maximum Gasteiger partial charge on any atom is 0.252 e. The number of carbonyl (C=O) groups is 2. The van der Waals surface area contributed by atoms with E-state index in [0.29, 0.717) is 40.8 Å². The first-order valence-electron chi connectivity index (χ1n) is 8.73. The van der Waals surface area contributed by atoms with Crippen LogP contribution < -0.4 is 15.4 Å². The van der Waals surface area contributed by atoms with Gasteiger partial charge in [0.15, 0.2) is 0 Å². The Bertz CT molecular complexity index is 1060. The van der Waals surface area contributed by atoms with Gasteiger partial charge in [0, 0.05) is 24.5 Å². The molecule has 0 fully saturated rings. The van der Waals surface area contributed by atoms with Gasteiger partial charge in [0.25, 0.3) is 5.91 Å². The van der Waals surface area contributed by atoms with Crippen molar-refractivity contribution in [2.75, 3.05) is 12.4 Å². The van der Waals surface area contributed by atoms with Gasteiger partial charge < -0.3 is 19.8 Å². The lowest BCUT2D eigenvalue weighted by Gasteiger charge is -2.25. The summed E-state index contributed by atoms with van der Waals surface area (Å²) in [5, 5.41) is 13.4. The molecule has 2 N–H and O–H groups in total. The first-order chi connectivity index (χ1) is 13.5. The van der Waals surface area contributed by atoms with Crippen LogP contribution in [-0.4, -0.2) is 35.2 Å². The third kappa shape index (κ3) is 3.32.